The maximum absolute atomic E-state index is 12.8. The third-order valence-electron chi connectivity index (χ3n) is 16.6. The number of aliphatic hydroxyl groups is 1. The minimum atomic E-state index is -0.229. The van der Waals surface area contributed by atoms with Crippen molar-refractivity contribution >= 4 is 11.8 Å². The van der Waals surface area contributed by atoms with Crippen molar-refractivity contribution in [2.75, 3.05) is 26.2 Å². The van der Waals surface area contributed by atoms with Crippen molar-refractivity contribution in [1.82, 2.24) is 15.5 Å². The molecule has 292 valence electrons. The Kier molecular flexibility index (Phi) is 10.5. The molecule has 2 aliphatic heterocycles. The minimum absolute atomic E-state index is 0.0288. The number of nitrogens with zero attached hydrogens (tertiary/aromatic N) is 1. The zero-order valence-electron chi connectivity index (χ0n) is 33.3. The van der Waals surface area contributed by atoms with Crippen LogP contribution in [0.4, 0.5) is 0 Å². The molecule has 7 aliphatic rings. The number of amides is 2. The molecular weight excluding hydrogens is 659 g/mol. The lowest BCUT2D eigenvalue weighted by atomic mass is 9.56. The van der Waals surface area contributed by atoms with E-state index in [1.54, 1.807) is 5.57 Å². The summed E-state index contributed by atoms with van der Waals surface area (Å²) in [5.74, 6) is 3.79. The number of carbonyl (C=O) groups excluding carboxylic acids is 2. The van der Waals surface area contributed by atoms with Crippen LogP contribution in [0.15, 0.2) is 42.0 Å². The van der Waals surface area contributed by atoms with Gasteiger partial charge in [-0.3, -0.25) is 14.5 Å². The van der Waals surface area contributed by atoms with E-state index in [0.29, 0.717) is 66.2 Å². The second-order valence-corrected chi connectivity index (χ2v) is 19.8. The van der Waals surface area contributed by atoms with Gasteiger partial charge in [0.25, 0.3) is 0 Å². The zero-order chi connectivity index (χ0) is 37.0. The smallest absolute Gasteiger partial charge is 0.220 e. The molecular formula is C46H69N3O4. The first-order valence-corrected chi connectivity index (χ1v) is 21.8. The highest BCUT2D eigenvalue weighted by atomic mass is 16.5. The Morgan fingerprint density at radius 2 is 1.72 bits per heavy atom. The molecule has 1 aromatic rings. The number of fused-ring (bicyclic) bond motifs is 5. The van der Waals surface area contributed by atoms with Crippen LogP contribution in [-0.2, 0) is 20.7 Å². The van der Waals surface area contributed by atoms with Gasteiger partial charge in [0.1, 0.15) is 0 Å². The summed E-state index contributed by atoms with van der Waals surface area (Å²) in [6.45, 7) is 13.5. The van der Waals surface area contributed by atoms with Gasteiger partial charge >= 0.3 is 0 Å². The molecule has 2 amide bonds. The molecule has 8 rings (SSSR count). The van der Waals surface area contributed by atoms with E-state index in [0.717, 1.165) is 69.4 Å². The fraction of sp³-hybridized carbons (Fsp3) is 0.783. The molecule has 0 aromatic heterocycles. The van der Waals surface area contributed by atoms with E-state index < -0.39 is 0 Å². The minimum Gasteiger partial charge on any atom is -0.389 e. The number of carbonyl (C=O) groups is 2. The first-order chi connectivity index (χ1) is 25.5. The van der Waals surface area contributed by atoms with E-state index >= 15 is 0 Å². The highest BCUT2D eigenvalue weighted by Gasteiger charge is 2.77. The molecule has 2 heterocycles. The highest BCUT2D eigenvalue weighted by Crippen LogP contribution is 2.83. The van der Waals surface area contributed by atoms with Gasteiger partial charge in [-0.2, -0.15) is 0 Å². The van der Waals surface area contributed by atoms with Crippen LogP contribution in [0.1, 0.15) is 130 Å². The van der Waals surface area contributed by atoms with Crippen LogP contribution in [0.5, 0.6) is 0 Å². The van der Waals surface area contributed by atoms with Crippen molar-refractivity contribution in [1.29, 1.82) is 0 Å². The second-order valence-electron chi connectivity index (χ2n) is 19.8. The number of aryl methyl sites for hydroxylation is 1. The number of piperidine rings is 1. The number of unbranched alkanes of at least 4 members (excludes halogenated alkanes) is 2. The largest absolute Gasteiger partial charge is 0.389 e. The Labute approximate surface area is 319 Å². The average Bonchev–Trinajstić information content (AvgIpc) is 3.44. The fourth-order valence-corrected chi connectivity index (χ4v) is 13.9. The molecule has 7 nitrogen and oxygen atoms in total. The Balaban J connectivity index is 0.806. The summed E-state index contributed by atoms with van der Waals surface area (Å²) >= 11 is 0. The molecule has 2 spiro atoms. The molecule has 3 N–H and O–H groups in total. The molecule has 12 atom stereocenters. The summed E-state index contributed by atoms with van der Waals surface area (Å²) < 4.78 is 7.43. The Hall–Kier alpha value is -2.22. The van der Waals surface area contributed by atoms with Gasteiger partial charge in [0.15, 0.2) is 0 Å². The van der Waals surface area contributed by atoms with Crippen LogP contribution < -0.4 is 10.6 Å². The van der Waals surface area contributed by atoms with Gasteiger partial charge in [0.05, 0.1) is 17.8 Å². The van der Waals surface area contributed by atoms with E-state index in [1.165, 1.54) is 56.9 Å². The number of benzene rings is 1. The second kappa shape index (κ2) is 14.7. The number of allylic oxidation sites excluding steroid dienone is 1. The SMILES string of the molecule is C[C@H]1C[C@H]2OC3(CC[C@H]4[C@@H]5CCC6=C[C@@H](O)CC[C@]6(C)[C@H]5CC45CC5(C)C3)[C@H](C)[C@@H]2N(CCNC(=O)CCCCCNC(=O)CCc2ccccc2)C1. The first-order valence-electron chi connectivity index (χ1n) is 21.8. The molecule has 6 fully saturated rings. The van der Waals surface area contributed by atoms with E-state index in [9.17, 15) is 14.7 Å². The predicted octanol–water partition coefficient (Wildman–Crippen LogP) is 7.61. The van der Waals surface area contributed by atoms with Gasteiger partial charge in [-0.25, -0.2) is 0 Å². The molecule has 4 saturated carbocycles. The number of likely N-dealkylation sites (tertiary alicyclic amines) is 1. The standard InChI is InChI=1S/C46H69N3O4/c1-31-25-39-42(49(28-31)24-23-48-40(51)13-9-6-10-22-47-41(52)17-14-33-11-7-5-8-12-33)32(2)46(53-39)21-19-37-36-16-15-34-26-35(50)18-20-44(34,4)38(36)27-45(37)29-43(45,3)30-46/h5,7-8,11-12,26,31-32,35-39,42,50H,6,9-10,13-25,27-30H2,1-4H3,(H,47,52)(H,48,51)/t31-,32+,35-,36-,37-,38-,39+,42-,43?,44-,45?,46?/m0/s1. The van der Waals surface area contributed by atoms with E-state index in [-0.39, 0.29) is 23.5 Å². The molecule has 5 aliphatic carbocycles. The summed E-state index contributed by atoms with van der Waals surface area (Å²) in [7, 11) is 0. The molecule has 53 heavy (non-hydrogen) atoms. The normalized spacial score (nSPS) is 42.7. The van der Waals surface area contributed by atoms with Crippen LogP contribution in [0.25, 0.3) is 0 Å². The summed E-state index contributed by atoms with van der Waals surface area (Å²) in [5.41, 5.74) is 3.91. The Bertz CT molecular complexity index is 1530. The third-order valence-corrected chi connectivity index (χ3v) is 16.6. The van der Waals surface area contributed by atoms with Gasteiger partial charge in [0.2, 0.25) is 11.8 Å². The van der Waals surface area contributed by atoms with Crippen LogP contribution in [0.3, 0.4) is 0 Å². The number of rotatable bonds is 12. The summed E-state index contributed by atoms with van der Waals surface area (Å²) in [5, 5.41) is 16.8. The van der Waals surface area contributed by atoms with Crippen molar-refractivity contribution in [2.24, 2.45) is 45.8 Å². The van der Waals surface area contributed by atoms with Crippen molar-refractivity contribution in [3.05, 3.63) is 47.5 Å². The van der Waals surface area contributed by atoms with Crippen molar-refractivity contribution in [2.45, 2.75) is 154 Å². The molecule has 2 saturated heterocycles. The number of ether oxygens (including phenoxy) is 1. The lowest BCUT2D eigenvalue weighted by molar-refractivity contribution is -0.122. The average molecular weight is 728 g/mol. The zero-order valence-corrected chi connectivity index (χ0v) is 33.3. The van der Waals surface area contributed by atoms with Crippen LogP contribution in [0.2, 0.25) is 0 Å². The maximum atomic E-state index is 12.8. The van der Waals surface area contributed by atoms with E-state index in [2.05, 4.69) is 61.4 Å². The van der Waals surface area contributed by atoms with Crippen LogP contribution in [-0.4, -0.2) is 71.9 Å². The molecule has 0 bridgehead atoms. The fourth-order valence-electron chi connectivity index (χ4n) is 13.9. The Morgan fingerprint density at radius 1 is 0.925 bits per heavy atom. The van der Waals surface area contributed by atoms with E-state index in [4.69, 9.17) is 4.74 Å². The van der Waals surface area contributed by atoms with Gasteiger partial charge in [-0.1, -0.05) is 76.1 Å². The summed E-state index contributed by atoms with van der Waals surface area (Å²) in [6, 6.07) is 10.6. The van der Waals surface area contributed by atoms with Gasteiger partial charge < -0.3 is 20.5 Å². The molecule has 0 radical (unpaired) electrons. The van der Waals surface area contributed by atoms with Crippen LogP contribution in [0, 0.1) is 45.8 Å². The Morgan fingerprint density at radius 3 is 2.55 bits per heavy atom. The lowest BCUT2D eigenvalue weighted by Gasteiger charge is -2.49. The number of hydrogen-bond acceptors (Lipinski definition) is 5. The molecule has 3 unspecified atom stereocenters. The number of aliphatic hydroxyl groups excluding tert-OH is 1. The monoisotopic (exact) mass is 728 g/mol. The highest BCUT2D eigenvalue weighted by molar-refractivity contribution is 5.76. The number of nitrogens with one attached hydrogen (secondary N) is 2. The lowest BCUT2D eigenvalue weighted by Crippen LogP contribution is -2.53. The van der Waals surface area contributed by atoms with Crippen molar-refractivity contribution < 1.29 is 19.4 Å². The third kappa shape index (κ3) is 6.96. The molecule has 1 aromatic carbocycles. The van der Waals surface area contributed by atoms with Crippen molar-refractivity contribution in [3.8, 4) is 0 Å². The number of hydrogen-bond donors (Lipinski definition) is 3. The first kappa shape index (κ1) is 37.7. The summed E-state index contributed by atoms with van der Waals surface area (Å²) in [6.07, 6.45) is 19.2. The predicted molar refractivity (Wildman–Crippen MR) is 210 cm³/mol. The topological polar surface area (TPSA) is 90.9 Å². The maximum Gasteiger partial charge on any atom is 0.220 e. The van der Waals surface area contributed by atoms with Gasteiger partial charge in [0, 0.05) is 51.0 Å². The van der Waals surface area contributed by atoms with Crippen LogP contribution >= 0.6 is 0 Å². The van der Waals surface area contributed by atoms with E-state index in [1.807, 2.05) is 18.2 Å². The van der Waals surface area contributed by atoms with Gasteiger partial charge in [-0.15, -0.1) is 0 Å². The quantitative estimate of drug-likeness (QED) is 0.152. The molecule has 7 heteroatoms. The summed E-state index contributed by atoms with van der Waals surface area (Å²) in [4.78, 5) is 27.7. The van der Waals surface area contributed by atoms with Crippen molar-refractivity contribution in [3.63, 3.8) is 0 Å². The van der Waals surface area contributed by atoms with Gasteiger partial charge in [-0.05, 0) is 129 Å².